The van der Waals surface area contributed by atoms with Gasteiger partial charge in [-0.05, 0) is 24.9 Å². The molecule has 2 atom stereocenters. The Morgan fingerprint density at radius 1 is 1.32 bits per heavy atom. The van der Waals surface area contributed by atoms with Crippen LogP contribution in [-0.2, 0) is 0 Å². The Labute approximate surface area is 134 Å². The number of aromatic amines is 1. The Morgan fingerprint density at radius 2 is 2.18 bits per heavy atom. The minimum absolute atomic E-state index is 0. The molecule has 2 N–H and O–H groups in total. The molecular weight excluding hydrogens is 300 g/mol. The summed E-state index contributed by atoms with van der Waals surface area (Å²) in [6.45, 7) is 4.29. The second-order valence-electron chi connectivity index (χ2n) is 5.89. The summed E-state index contributed by atoms with van der Waals surface area (Å²) in [5.41, 5.74) is 1.86. The van der Waals surface area contributed by atoms with E-state index in [9.17, 15) is 4.79 Å². The van der Waals surface area contributed by atoms with Crippen molar-refractivity contribution in [3.8, 4) is 0 Å². The van der Waals surface area contributed by atoms with Crippen molar-refractivity contribution in [2.45, 2.75) is 19.4 Å². The van der Waals surface area contributed by atoms with Gasteiger partial charge in [0, 0.05) is 42.6 Å². The number of rotatable bonds is 1. The molecule has 0 amide bonds. The van der Waals surface area contributed by atoms with Gasteiger partial charge in [-0.1, -0.05) is 6.92 Å². The number of piperidine rings is 1. The van der Waals surface area contributed by atoms with Crippen LogP contribution in [0.1, 0.15) is 19.4 Å². The van der Waals surface area contributed by atoms with E-state index >= 15 is 0 Å². The second kappa shape index (κ2) is 5.74. The van der Waals surface area contributed by atoms with Crippen LogP contribution >= 0.6 is 12.4 Å². The zero-order valence-electron chi connectivity index (χ0n) is 12.4. The van der Waals surface area contributed by atoms with Crippen molar-refractivity contribution in [3.63, 3.8) is 0 Å². The van der Waals surface area contributed by atoms with Gasteiger partial charge in [0.1, 0.15) is 5.65 Å². The van der Waals surface area contributed by atoms with E-state index in [1.807, 2.05) is 18.5 Å². The Kier molecular flexibility index (Phi) is 3.93. The molecule has 6 heteroatoms. The fourth-order valence-corrected chi connectivity index (χ4v) is 3.39. The standard InChI is InChI=1S/C16H18N4O.ClH/c1-10-2-5-17-9-13(10)20-7-4-14(21)12-8-19-16-11(15(12)20)3-6-18-16;/h3-4,6-8,10,13,17H,2,5,9H2,1H3,(H,18,19);1H/t10-,13+;/m1./s1. The van der Waals surface area contributed by atoms with E-state index in [-0.39, 0.29) is 17.8 Å². The van der Waals surface area contributed by atoms with Crippen molar-refractivity contribution in [3.05, 3.63) is 40.9 Å². The zero-order valence-corrected chi connectivity index (χ0v) is 13.2. The molecule has 4 heterocycles. The first kappa shape index (κ1) is 15.1. The number of pyridine rings is 2. The first-order chi connectivity index (χ1) is 10.3. The largest absolute Gasteiger partial charge is 0.346 e. The number of hydrogen-bond donors (Lipinski definition) is 2. The average molecular weight is 319 g/mol. The predicted molar refractivity (Wildman–Crippen MR) is 90.8 cm³/mol. The normalized spacial score (nSPS) is 21.9. The van der Waals surface area contributed by atoms with Crippen molar-refractivity contribution < 1.29 is 0 Å². The summed E-state index contributed by atoms with van der Waals surface area (Å²) in [6.07, 6.45) is 6.65. The van der Waals surface area contributed by atoms with Crippen LogP contribution in [-0.4, -0.2) is 27.6 Å². The Hall–Kier alpha value is -1.85. The van der Waals surface area contributed by atoms with Gasteiger partial charge in [-0.3, -0.25) is 4.79 Å². The number of H-pyrrole nitrogens is 1. The average Bonchev–Trinajstić information content (AvgIpc) is 2.97. The van der Waals surface area contributed by atoms with Crippen LogP contribution in [0, 0.1) is 5.92 Å². The number of fused-ring (bicyclic) bond motifs is 3. The van der Waals surface area contributed by atoms with Crippen molar-refractivity contribution in [1.29, 1.82) is 0 Å². The summed E-state index contributed by atoms with van der Waals surface area (Å²) in [4.78, 5) is 19.7. The van der Waals surface area contributed by atoms with Crippen LogP contribution in [0.25, 0.3) is 21.9 Å². The predicted octanol–water partition coefficient (Wildman–Crippen LogP) is 2.47. The minimum Gasteiger partial charge on any atom is -0.346 e. The molecule has 3 aromatic rings. The number of aromatic nitrogens is 3. The lowest BCUT2D eigenvalue weighted by molar-refractivity contribution is 0.279. The van der Waals surface area contributed by atoms with E-state index in [0.29, 0.717) is 17.3 Å². The summed E-state index contributed by atoms with van der Waals surface area (Å²) < 4.78 is 2.26. The van der Waals surface area contributed by atoms with Gasteiger partial charge in [0.05, 0.1) is 10.9 Å². The highest BCUT2D eigenvalue weighted by Crippen LogP contribution is 2.29. The molecule has 1 saturated heterocycles. The van der Waals surface area contributed by atoms with Gasteiger partial charge in [0.2, 0.25) is 0 Å². The van der Waals surface area contributed by atoms with E-state index in [1.54, 1.807) is 12.3 Å². The van der Waals surface area contributed by atoms with Crippen LogP contribution in [0.15, 0.2) is 35.5 Å². The fraction of sp³-hybridized carbons (Fsp3) is 0.375. The second-order valence-corrected chi connectivity index (χ2v) is 5.89. The summed E-state index contributed by atoms with van der Waals surface area (Å²) >= 11 is 0. The lowest BCUT2D eigenvalue weighted by Crippen LogP contribution is -2.37. The Bertz CT molecular complexity index is 869. The molecule has 4 rings (SSSR count). The highest BCUT2D eigenvalue weighted by atomic mass is 35.5. The maximum atomic E-state index is 12.2. The molecule has 5 nitrogen and oxygen atoms in total. The van der Waals surface area contributed by atoms with Crippen LogP contribution < -0.4 is 10.7 Å². The molecule has 22 heavy (non-hydrogen) atoms. The van der Waals surface area contributed by atoms with Crippen molar-refractivity contribution in [1.82, 2.24) is 19.9 Å². The van der Waals surface area contributed by atoms with E-state index in [1.165, 1.54) is 0 Å². The molecule has 0 bridgehead atoms. The van der Waals surface area contributed by atoms with Crippen LogP contribution in [0.3, 0.4) is 0 Å². The highest BCUT2D eigenvalue weighted by Gasteiger charge is 2.24. The molecule has 0 aromatic carbocycles. The summed E-state index contributed by atoms with van der Waals surface area (Å²) in [6, 6.07) is 4.02. The van der Waals surface area contributed by atoms with Crippen molar-refractivity contribution in [2.24, 2.45) is 5.92 Å². The van der Waals surface area contributed by atoms with Gasteiger partial charge in [0.25, 0.3) is 0 Å². The number of nitrogens with zero attached hydrogens (tertiary/aromatic N) is 2. The summed E-state index contributed by atoms with van der Waals surface area (Å²) in [7, 11) is 0. The van der Waals surface area contributed by atoms with E-state index in [0.717, 1.165) is 36.1 Å². The maximum absolute atomic E-state index is 12.2. The van der Waals surface area contributed by atoms with Crippen LogP contribution in [0.2, 0.25) is 0 Å². The monoisotopic (exact) mass is 318 g/mol. The molecular formula is C16H19ClN4O. The molecule has 0 spiro atoms. The number of hydrogen-bond acceptors (Lipinski definition) is 3. The quantitative estimate of drug-likeness (QED) is 0.724. The van der Waals surface area contributed by atoms with E-state index < -0.39 is 0 Å². The van der Waals surface area contributed by atoms with Crippen LogP contribution in [0.4, 0.5) is 0 Å². The smallest absolute Gasteiger partial charge is 0.190 e. The maximum Gasteiger partial charge on any atom is 0.190 e. The first-order valence-electron chi connectivity index (χ1n) is 7.43. The molecule has 116 valence electrons. The molecule has 0 unspecified atom stereocenters. The van der Waals surface area contributed by atoms with Gasteiger partial charge in [-0.25, -0.2) is 4.98 Å². The SMILES string of the molecule is C[C@@H]1CCNC[C@@H]1n1ccc(=O)c2cnc3[nH]ccc3c21.Cl. The van der Waals surface area contributed by atoms with E-state index in [2.05, 4.69) is 26.8 Å². The van der Waals surface area contributed by atoms with Gasteiger partial charge >= 0.3 is 0 Å². The molecule has 0 saturated carbocycles. The zero-order chi connectivity index (χ0) is 14.4. The lowest BCUT2D eigenvalue weighted by Gasteiger charge is -2.32. The molecule has 0 radical (unpaired) electrons. The number of nitrogens with one attached hydrogen (secondary N) is 2. The molecule has 1 fully saturated rings. The van der Waals surface area contributed by atoms with Gasteiger partial charge < -0.3 is 14.9 Å². The van der Waals surface area contributed by atoms with E-state index in [4.69, 9.17) is 0 Å². The van der Waals surface area contributed by atoms with Crippen molar-refractivity contribution >= 4 is 34.3 Å². The third kappa shape index (κ3) is 2.21. The molecule has 1 aliphatic heterocycles. The topological polar surface area (TPSA) is 62.7 Å². The van der Waals surface area contributed by atoms with Gasteiger partial charge in [0.15, 0.2) is 5.43 Å². The summed E-state index contributed by atoms with van der Waals surface area (Å²) in [5, 5.41) is 5.18. The minimum atomic E-state index is 0. The highest BCUT2D eigenvalue weighted by molar-refractivity contribution is 6.02. The Morgan fingerprint density at radius 3 is 3.00 bits per heavy atom. The van der Waals surface area contributed by atoms with Gasteiger partial charge in [-0.15, -0.1) is 12.4 Å². The first-order valence-corrected chi connectivity index (χ1v) is 7.43. The third-order valence-electron chi connectivity index (χ3n) is 4.61. The fourth-order valence-electron chi connectivity index (χ4n) is 3.39. The van der Waals surface area contributed by atoms with Crippen molar-refractivity contribution in [2.75, 3.05) is 13.1 Å². The summed E-state index contributed by atoms with van der Waals surface area (Å²) in [5.74, 6) is 0.583. The lowest BCUT2D eigenvalue weighted by atomic mass is 9.94. The Balaban J connectivity index is 0.00000144. The molecule has 3 aromatic heterocycles. The molecule has 0 aliphatic carbocycles. The molecule has 1 aliphatic rings. The third-order valence-corrected chi connectivity index (χ3v) is 4.61. The van der Waals surface area contributed by atoms with Gasteiger partial charge in [-0.2, -0.15) is 0 Å². The van der Waals surface area contributed by atoms with Crippen LogP contribution in [0.5, 0.6) is 0 Å². The number of halogens is 1.